The van der Waals surface area contributed by atoms with Gasteiger partial charge in [0.15, 0.2) is 11.5 Å². The zero-order valence-corrected chi connectivity index (χ0v) is 17.8. The Kier molecular flexibility index (Phi) is 5.05. The summed E-state index contributed by atoms with van der Waals surface area (Å²) in [6.07, 6.45) is 13.0. The molecule has 0 bridgehead atoms. The summed E-state index contributed by atoms with van der Waals surface area (Å²) in [6.45, 7) is 2.35. The van der Waals surface area contributed by atoms with Gasteiger partial charge in [0.25, 0.3) is 0 Å². The van der Waals surface area contributed by atoms with Crippen molar-refractivity contribution in [2.45, 2.75) is 70.8 Å². The van der Waals surface area contributed by atoms with Crippen molar-refractivity contribution >= 4 is 11.7 Å². The van der Waals surface area contributed by atoms with E-state index in [1.165, 1.54) is 38.1 Å². The van der Waals surface area contributed by atoms with Crippen molar-refractivity contribution in [3.8, 4) is 6.07 Å². The number of nitriles is 1. The Labute approximate surface area is 178 Å². The van der Waals surface area contributed by atoms with Gasteiger partial charge in [0.1, 0.15) is 6.07 Å². The number of hydrogen-bond acceptors (Lipinski definition) is 5. The monoisotopic (exact) mass is 408 g/mol. The van der Waals surface area contributed by atoms with Gasteiger partial charge in [0, 0.05) is 5.92 Å². The first-order valence-corrected chi connectivity index (χ1v) is 11.7. The quantitative estimate of drug-likeness (QED) is 0.773. The third kappa shape index (κ3) is 3.22. The molecule has 160 valence electrons. The first kappa shape index (κ1) is 19.9. The minimum atomic E-state index is -0.0819. The average Bonchev–Trinajstić information content (AvgIpc) is 3.11. The first-order chi connectivity index (χ1) is 14.5. The summed E-state index contributed by atoms with van der Waals surface area (Å²) < 4.78 is 0. The van der Waals surface area contributed by atoms with Crippen LogP contribution in [0.4, 0.5) is 5.82 Å². The molecule has 0 aromatic carbocycles. The van der Waals surface area contributed by atoms with E-state index in [4.69, 9.17) is 5.26 Å². The lowest BCUT2D eigenvalue weighted by molar-refractivity contribution is -0.128. The minimum Gasteiger partial charge on any atom is -0.393 e. The Bertz CT molecular complexity index is 850. The number of aliphatic hydroxyl groups is 1. The number of rotatable bonds is 2. The number of nitrogens with one attached hydrogen (secondary N) is 1. The number of anilines is 1. The Morgan fingerprint density at radius 1 is 1.10 bits per heavy atom. The molecule has 4 saturated carbocycles. The molecule has 0 saturated heterocycles. The topological polar surface area (TPSA) is 98.9 Å². The number of carbonyl (C=O) groups is 1. The molecule has 0 spiro atoms. The van der Waals surface area contributed by atoms with Gasteiger partial charge >= 0.3 is 0 Å². The highest BCUT2D eigenvalue weighted by atomic mass is 16.3. The van der Waals surface area contributed by atoms with Gasteiger partial charge in [-0.2, -0.15) is 5.26 Å². The number of nitrogens with zero attached hydrogens (tertiary/aromatic N) is 3. The predicted molar refractivity (Wildman–Crippen MR) is 112 cm³/mol. The second-order valence-electron chi connectivity index (χ2n) is 10.5. The van der Waals surface area contributed by atoms with Crippen LogP contribution in [0.2, 0.25) is 0 Å². The zero-order valence-electron chi connectivity index (χ0n) is 17.8. The predicted octanol–water partition coefficient (Wildman–Crippen LogP) is 3.92. The fourth-order valence-electron chi connectivity index (χ4n) is 7.92. The van der Waals surface area contributed by atoms with Crippen molar-refractivity contribution in [3.63, 3.8) is 0 Å². The maximum Gasteiger partial charge on any atom is 0.229 e. The summed E-state index contributed by atoms with van der Waals surface area (Å²) in [4.78, 5) is 21.4. The molecule has 8 atom stereocenters. The summed E-state index contributed by atoms with van der Waals surface area (Å²) in [7, 11) is 0. The molecule has 6 heteroatoms. The standard InChI is InChI=1S/C24H32N4O2/c1-24-9-8-18-17-5-3-16(29)10-14(17)2-4-19(18)20(24)6-7-21(24)23(30)28-22-13-26-15(11-25)12-27-22/h12-14,16-21,29H,2-10H2,1H3,(H,27,28,30)/t14-,16-,17+,18-,19-,20+,21-,24+/m1/s1. The van der Waals surface area contributed by atoms with Crippen LogP contribution < -0.4 is 5.32 Å². The summed E-state index contributed by atoms with van der Waals surface area (Å²) >= 11 is 0. The van der Waals surface area contributed by atoms with Crippen LogP contribution in [0.5, 0.6) is 0 Å². The molecule has 5 rings (SSSR count). The smallest absolute Gasteiger partial charge is 0.229 e. The van der Waals surface area contributed by atoms with Crippen LogP contribution in [-0.4, -0.2) is 27.1 Å². The highest BCUT2D eigenvalue weighted by Crippen LogP contribution is 2.64. The highest BCUT2D eigenvalue weighted by Gasteiger charge is 2.58. The van der Waals surface area contributed by atoms with Crippen LogP contribution in [0.15, 0.2) is 12.4 Å². The third-order valence-electron chi connectivity index (χ3n) is 9.26. The SMILES string of the molecule is C[C@]12CC[C@H]3[C@@H](CC[C@@H]4C[C@H](O)CC[C@@H]43)[C@@H]1CC[C@@H]2C(=O)Nc1cnc(C#N)cn1. The van der Waals surface area contributed by atoms with Crippen LogP contribution in [-0.2, 0) is 4.79 Å². The molecular formula is C24H32N4O2. The summed E-state index contributed by atoms with van der Waals surface area (Å²) in [6, 6.07) is 1.95. The van der Waals surface area contributed by atoms with Gasteiger partial charge in [-0.05, 0) is 92.8 Å². The van der Waals surface area contributed by atoms with E-state index >= 15 is 0 Å². The fourth-order valence-corrected chi connectivity index (χ4v) is 7.92. The molecule has 1 heterocycles. The van der Waals surface area contributed by atoms with E-state index in [9.17, 15) is 9.90 Å². The van der Waals surface area contributed by atoms with Crippen LogP contribution in [0, 0.1) is 52.3 Å². The first-order valence-electron chi connectivity index (χ1n) is 11.7. The number of amides is 1. The number of carbonyl (C=O) groups excluding carboxylic acids is 1. The molecule has 1 amide bonds. The van der Waals surface area contributed by atoms with Gasteiger partial charge in [0.05, 0.1) is 18.5 Å². The molecule has 6 nitrogen and oxygen atoms in total. The second-order valence-corrected chi connectivity index (χ2v) is 10.5. The van der Waals surface area contributed by atoms with E-state index in [0.29, 0.717) is 11.7 Å². The lowest BCUT2D eigenvalue weighted by atomic mass is 9.49. The number of fused-ring (bicyclic) bond motifs is 5. The van der Waals surface area contributed by atoms with Crippen molar-refractivity contribution in [3.05, 3.63) is 18.1 Å². The van der Waals surface area contributed by atoms with Crippen molar-refractivity contribution < 1.29 is 9.90 Å². The van der Waals surface area contributed by atoms with E-state index in [1.54, 1.807) is 0 Å². The molecule has 30 heavy (non-hydrogen) atoms. The molecule has 0 radical (unpaired) electrons. The van der Waals surface area contributed by atoms with Crippen LogP contribution in [0.25, 0.3) is 0 Å². The normalized spacial score (nSPS) is 42.4. The van der Waals surface area contributed by atoms with Crippen LogP contribution in [0.3, 0.4) is 0 Å². The molecule has 2 N–H and O–H groups in total. The zero-order chi connectivity index (χ0) is 20.9. The van der Waals surface area contributed by atoms with Gasteiger partial charge in [-0.15, -0.1) is 0 Å². The van der Waals surface area contributed by atoms with Crippen LogP contribution >= 0.6 is 0 Å². The maximum absolute atomic E-state index is 13.2. The highest BCUT2D eigenvalue weighted by molar-refractivity contribution is 5.92. The van der Waals surface area contributed by atoms with E-state index in [2.05, 4.69) is 22.2 Å². The van der Waals surface area contributed by atoms with Crippen molar-refractivity contribution in [1.29, 1.82) is 5.26 Å². The van der Waals surface area contributed by atoms with Crippen molar-refractivity contribution in [2.75, 3.05) is 5.32 Å². The summed E-state index contributed by atoms with van der Waals surface area (Å²) in [5.74, 6) is 4.19. The molecule has 4 fully saturated rings. The molecule has 4 aliphatic rings. The van der Waals surface area contributed by atoms with Crippen LogP contribution in [0.1, 0.15) is 70.4 Å². The van der Waals surface area contributed by atoms with E-state index in [0.717, 1.165) is 55.8 Å². The van der Waals surface area contributed by atoms with Gasteiger partial charge in [0.2, 0.25) is 5.91 Å². The fraction of sp³-hybridized carbons (Fsp3) is 0.750. The molecule has 0 aliphatic heterocycles. The second kappa shape index (κ2) is 7.60. The number of aliphatic hydroxyl groups excluding tert-OH is 1. The number of hydrogen-bond donors (Lipinski definition) is 2. The number of aromatic nitrogens is 2. The minimum absolute atomic E-state index is 0.0202. The third-order valence-corrected chi connectivity index (χ3v) is 9.26. The molecule has 0 unspecified atom stereocenters. The Morgan fingerprint density at radius 3 is 2.70 bits per heavy atom. The largest absolute Gasteiger partial charge is 0.393 e. The summed E-state index contributed by atoms with van der Waals surface area (Å²) in [5, 5.41) is 22.0. The van der Waals surface area contributed by atoms with Gasteiger partial charge in [-0.1, -0.05) is 6.92 Å². The average molecular weight is 409 g/mol. The van der Waals surface area contributed by atoms with Crippen molar-refractivity contribution in [1.82, 2.24) is 9.97 Å². The molecule has 1 aromatic heterocycles. The molecule has 4 aliphatic carbocycles. The van der Waals surface area contributed by atoms with Gasteiger partial charge < -0.3 is 10.4 Å². The van der Waals surface area contributed by atoms with E-state index in [-0.39, 0.29) is 29.0 Å². The maximum atomic E-state index is 13.2. The van der Waals surface area contributed by atoms with Crippen molar-refractivity contribution in [2.24, 2.45) is 40.9 Å². The summed E-state index contributed by atoms with van der Waals surface area (Å²) in [5.41, 5.74) is 0.316. The lowest BCUT2D eigenvalue weighted by Crippen LogP contribution is -2.50. The van der Waals surface area contributed by atoms with E-state index in [1.807, 2.05) is 6.07 Å². The van der Waals surface area contributed by atoms with Gasteiger partial charge in [-0.3, -0.25) is 4.79 Å². The lowest BCUT2D eigenvalue weighted by Gasteiger charge is -2.56. The molecular weight excluding hydrogens is 376 g/mol. The Balaban J connectivity index is 1.30. The van der Waals surface area contributed by atoms with Gasteiger partial charge in [-0.25, -0.2) is 9.97 Å². The Hall–Kier alpha value is -2.00. The molecule has 1 aromatic rings. The Morgan fingerprint density at radius 2 is 1.93 bits per heavy atom. The van der Waals surface area contributed by atoms with E-state index < -0.39 is 0 Å².